The Morgan fingerprint density at radius 3 is 2.52 bits per heavy atom. The first-order valence-electron chi connectivity index (χ1n) is 7.49. The van der Waals surface area contributed by atoms with Gasteiger partial charge in [-0.3, -0.25) is 0 Å². The predicted octanol–water partition coefficient (Wildman–Crippen LogP) is 3.51. The zero-order valence-electron chi connectivity index (χ0n) is 12.2. The highest BCUT2D eigenvalue weighted by molar-refractivity contribution is 5.85. The van der Waals surface area contributed by atoms with Crippen molar-refractivity contribution in [3.63, 3.8) is 0 Å². The summed E-state index contributed by atoms with van der Waals surface area (Å²) in [6.45, 7) is 1.16. The largest absolute Gasteiger partial charge is 0.491 e. The smallest absolute Gasteiger partial charge is 0.328 e. The number of benzene rings is 1. The topological polar surface area (TPSA) is 55.8 Å². The highest BCUT2D eigenvalue weighted by Crippen LogP contribution is 2.20. The number of hydrogen-bond donors (Lipinski definition) is 1. The third-order valence-electron chi connectivity index (χ3n) is 3.56. The average molecular weight is 290 g/mol. The van der Waals surface area contributed by atoms with E-state index in [1.807, 2.05) is 24.3 Å². The third kappa shape index (κ3) is 6.00. The van der Waals surface area contributed by atoms with Crippen molar-refractivity contribution >= 4 is 12.0 Å². The normalized spacial score (nSPS) is 16.2. The van der Waals surface area contributed by atoms with Crippen molar-refractivity contribution in [3.05, 3.63) is 35.9 Å². The first kappa shape index (κ1) is 15.6. The maximum atomic E-state index is 10.4. The van der Waals surface area contributed by atoms with Gasteiger partial charge < -0.3 is 14.6 Å². The summed E-state index contributed by atoms with van der Waals surface area (Å²) in [5.41, 5.74) is 0.836. The molecule has 4 heteroatoms. The number of ether oxygens (including phenoxy) is 2. The Labute approximate surface area is 125 Å². The predicted molar refractivity (Wildman–Crippen MR) is 81.4 cm³/mol. The molecule has 1 aromatic carbocycles. The molecule has 21 heavy (non-hydrogen) atoms. The number of carboxylic acids is 1. The van der Waals surface area contributed by atoms with Gasteiger partial charge in [0.1, 0.15) is 12.4 Å². The number of rotatable bonds is 7. The van der Waals surface area contributed by atoms with E-state index in [0.29, 0.717) is 19.3 Å². The van der Waals surface area contributed by atoms with Crippen LogP contribution in [-0.4, -0.2) is 30.4 Å². The molecule has 1 fully saturated rings. The summed E-state index contributed by atoms with van der Waals surface area (Å²) in [5, 5.41) is 8.55. The molecule has 0 atom stereocenters. The fourth-order valence-corrected chi connectivity index (χ4v) is 2.45. The van der Waals surface area contributed by atoms with Crippen molar-refractivity contribution in [1.29, 1.82) is 0 Å². The molecular formula is C17H22O4. The van der Waals surface area contributed by atoms with Crippen LogP contribution in [0.1, 0.15) is 37.7 Å². The highest BCUT2D eigenvalue weighted by Gasteiger charge is 2.13. The quantitative estimate of drug-likeness (QED) is 0.616. The van der Waals surface area contributed by atoms with E-state index < -0.39 is 5.97 Å². The van der Waals surface area contributed by atoms with Crippen molar-refractivity contribution in [1.82, 2.24) is 0 Å². The van der Waals surface area contributed by atoms with E-state index in [1.54, 1.807) is 6.08 Å². The summed E-state index contributed by atoms with van der Waals surface area (Å²) >= 11 is 0. The molecule has 0 aliphatic heterocycles. The lowest BCUT2D eigenvalue weighted by molar-refractivity contribution is -0.131. The second kappa shape index (κ2) is 8.47. The number of hydrogen-bond acceptors (Lipinski definition) is 3. The van der Waals surface area contributed by atoms with Crippen molar-refractivity contribution in [2.75, 3.05) is 13.2 Å². The summed E-state index contributed by atoms with van der Waals surface area (Å²) in [7, 11) is 0. The summed E-state index contributed by atoms with van der Waals surface area (Å²) < 4.78 is 11.4. The second-order valence-electron chi connectivity index (χ2n) is 5.22. The van der Waals surface area contributed by atoms with Crippen molar-refractivity contribution in [3.8, 4) is 5.75 Å². The van der Waals surface area contributed by atoms with Crippen LogP contribution < -0.4 is 4.74 Å². The molecule has 0 saturated heterocycles. The van der Waals surface area contributed by atoms with Crippen LogP contribution in [0, 0.1) is 0 Å². The fraction of sp³-hybridized carbons (Fsp3) is 0.471. The Balaban J connectivity index is 1.67. The summed E-state index contributed by atoms with van der Waals surface area (Å²) in [6.07, 6.45) is 9.31. The van der Waals surface area contributed by atoms with Crippen LogP contribution in [0.15, 0.2) is 30.3 Å². The van der Waals surface area contributed by atoms with Gasteiger partial charge in [0.15, 0.2) is 0 Å². The van der Waals surface area contributed by atoms with E-state index in [9.17, 15) is 4.79 Å². The van der Waals surface area contributed by atoms with Gasteiger partial charge in [0.2, 0.25) is 0 Å². The molecule has 2 rings (SSSR count). The van der Waals surface area contributed by atoms with Gasteiger partial charge in [-0.1, -0.05) is 31.4 Å². The molecule has 1 aliphatic rings. The third-order valence-corrected chi connectivity index (χ3v) is 3.56. The van der Waals surface area contributed by atoms with E-state index in [0.717, 1.165) is 17.4 Å². The Hall–Kier alpha value is -1.81. The van der Waals surface area contributed by atoms with Crippen molar-refractivity contribution in [2.45, 2.75) is 38.2 Å². The van der Waals surface area contributed by atoms with E-state index in [4.69, 9.17) is 14.6 Å². The highest BCUT2D eigenvalue weighted by atomic mass is 16.5. The minimum Gasteiger partial charge on any atom is -0.491 e. The van der Waals surface area contributed by atoms with Gasteiger partial charge in [0.05, 0.1) is 12.7 Å². The molecule has 0 unspecified atom stereocenters. The Morgan fingerprint density at radius 1 is 1.14 bits per heavy atom. The molecule has 0 amide bonds. The Kier molecular flexibility index (Phi) is 6.28. The zero-order valence-corrected chi connectivity index (χ0v) is 12.2. The molecule has 0 spiro atoms. The van der Waals surface area contributed by atoms with Gasteiger partial charge in [0, 0.05) is 6.08 Å². The van der Waals surface area contributed by atoms with Gasteiger partial charge in [-0.15, -0.1) is 0 Å². The maximum absolute atomic E-state index is 10.4. The number of aliphatic carboxylic acids is 1. The lowest BCUT2D eigenvalue weighted by Gasteiger charge is -2.21. The molecular weight excluding hydrogens is 268 g/mol. The lowest BCUT2D eigenvalue weighted by atomic mass is 9.98. The Bertz CT molecular complexity index is 458. The first-order chi connectivity index (χ1) is 10.2. The minimum absolute atomic E-state index is 0.408. The maximum Gasteiger partial charge on any atom is 0.328 e. The molecule has 1 aromatic rings. The SMILES string of the molecule is O=C(O)C=Cc1ccc(OCCOC2CCCCC2)cc1. The van der Waals surface area contributed by atoms with E-state index >= 15 is 0 Å². The molecule has 1 N–H and O–H groups in total. The second-order valence-corrected chi connectivity index (χ2v) is 5.22. The van der Waals surface area contributed by atoms with Crippen LogP contribution in [-0.2, 0) is 9.53 Å². The van der Waals surface area contributed by atoms with E-state index in [-0.39, 0.29) is 0 Å². The Morgan fingerprint density at radius 2 is 1.86 bits per heavy atom. The van der Waals surface area contributed by atoms with Crippen LogP contribution in [0.4, 0.5) is 0 Å². The minimum atomic E-state index is -0.949. The standard InChI is InChI=1S/C17H22O4/c18-17(19)11-8-14-6-9-16(10-7-14)21-13-12-20-15-4-2-1-3-5-15/h6-11,15H,1-5,12-13H2,(H,18,19). The van der Waals surface area contributed by atoms with Crippen LogP contribution in [0.25, 0.3) is 6.08 Å². The first-order valence-corrected chi connectivity index (χ1v) is 7.49. The molecule has 4 nitrogen and oxygen atoms in total. The molecule has 1 aliphatic carbocycles. The van der Waals surface area contributed by atoms with Gasteiger partial charge >= 0.3 is 5.97 Å². The van der Waals surface area contributed by atoms with Gasteiger partial charge in [-0.25, -0.2) is 4.79 Å². The van der Waals surface area contributed by atoms with Crippen LogP contribution >= 0.6 is 0 Å². The summed E-state index contributed by atoms with van der Waals surface area (Å²) in [5.74, 6) is -0.176. The van der Waals surface area contributed by atoms with Crippen LogP contribution in [0.5, 0.6) is 5.75 Å². The number of carbonyl (C=O) groups is 1. The fourth-order valence-electron chi connectivity index (χ4n) is 2.45. The molecule has 114 valence electrons. The zero-order chi connectivity index (χ0) is 14.9. The summed E-state index contributed by atoms with van der Waals surface area (Å²) in [4.78, 5) is 10.4. The van der Waals surface area contributed by atoms with Gasteiger partial charge in [-0.05, 0) is 36.6 Å². The van der Waals surface area contributed by atoms with Crippen LogP contribution in [0.2, 0.25) is 0 Å². The average Bonchev–Trinajstić information content (AvgIpc) is 2.52. The van der Waals surface area contributed by atoms with Gasteiger partial charge in [-0.2, -0.15) is 0 Å². The number of carboxylic acid groups (broad SMARTS) is 1. The van der Waals surface area contributed by atoms with E-state index in [1.165, 1.54) is 32.1 Å². The molecule has 0 bridgehead atoms. The van der Waals surface area contributed by atoms with E-state index in [2.05, 4.69) is 0 Å². The molecule has 0 aromatic heterocycles. The van der Waals surface area contributed by atoms with Crippen molar-refractivity contribution < 1.29 is 19.4 Å². The van der Waals surface area contributed by atoms with Crippen LogP contribution in [0.3, 0.4) is 0 Å². The molecule has 1 saturated carbocycles. The monoisotopic (exact) mass is 290 g/mol. The summed E-state index contributed by atoms with van der Waals surface area (Å²) in [6, 6.07) is 7.33. The molecule has 0 heterocycles. The van der Waals surface area contributed by atoms with Crippen molar-refractivity contribution in [2.24, 2.45) is 0 Å². The lowest BCUT2D eigenvalue weighted by Crippen LogP contribution is -2.19. The van der Waals surface area contributed by atoms with Gasteiger partial charge in [0.25, 0.3) is 0 Å². The molecule has 0 radical (unpaired) electrons.